The predicted octanol–water partition coefficient (Wildman–Crippen LogP) is 2.13. The summed E-state index contributed by atoms with van der Waals surface area (Å²) in [4.78, 5) is 8.77. The molecule has 7 heteroatoms. The number of aromatic amines is 1. The molecule has 0 bridgehead atoms. The van der Waals surface area contributed by atoms with Gasteiger partial charge in [0.15, 0.2) is 5.03 Å². The molecule has 98 valence electrons. The van der Waals surface area contributed by atoms with Gasteiger partial charge in [-0.2, -0.15) is 0 Å². The predicted molar refractivity (Wildman–Crippen MR) is 71.1 cm³/mol. The second kappa shape index (κ2) is 4.83. The van der Waals surface area contributed by atoms with Gasteiger partial charge >= 0.3 is 0 Å². The van der Waals surface area contributed by atoms with E-state index in [4.69, 9.17) is 0 Å². The van der Waals surface area contributed by atoms with Crippen LogP contribution in [0, 0.1) is 13.8 Å². The SMILES string of the molecule is Cc1ncc(S(=O)(=O)NC(C)c2ccc(C)s2)[nH]1. The summed E-state index contributed by atoms with van der Waals surface area (Å²) < 4.78 is 26.7. The fourth-order valence-corrected chi connectivity index (χ4v) is 3.72. The van der Waals surface area contributed by atoms with Gasteiger partial charge in [-0.3, -0.25) is 0 Å². The van der Waals surface area contributed by atoms with Gasteiger partial charge in [0, 0.05) is 9.75 Å². The molecule has 1 unspecified atom stereocenters. The number of nitrogens with one attached hydrogen (secondary N) is 2. The van der Waals surface area contributed by atoms with Crippen molar-refractivity contribution in [1.82, 2.24) is 14.7 Å². The van der Waals surface area contributed by atoms with E-state index in [-0.39, 0.29) is 11.1 Å². The van der Waals surface area contributed by atoms with Crippen molar-refractivity contribution in [2.45, 2.75) is 31.8 Å². The molecule has 0 spiro atoms. The Morgan fingerprint density at radius 1 is 1.39 bits per heavy atom. The number of thiophene rings is 1. The van der Waals surface area contributed by atoms with Gasteiger partial charge in [0.25, 0.3) is 10.0 Å². The quantitative estimate of drug-likeness (QED) is 0.903. The van der Waals surface area contributed by atoms with Crippen LogP contribution >= 0.6 is 11.3 Å². The Labute approximate surface area is 110 Å². The summed E-state index contributed by atoms with van der Waals surface area (Å²) in [5.74, 6) is 0.579. The number of nitrogens with zero attached hydrogens (tertiary/aromatic N) is 1. The first kappa shape index (κ1) is 13.3. The van der Waals surface area contributed by atoms with Crippen molar-refractivity contribution in [3.63, 3.8) is 0 Å². The van der Waals surface area contributed by atoms with Gasteiger partial charge in [-0.25, -0.2) is 18.1 Å². The average Bonchev–Trinajstić information content (AvgIpc) is 2.86. The van der Waals surface area contributed by atoms with Gasteiger partial charge < -0.3 is 4.98 Å². The topological polar surface area (TPSA) is 74.8 Å². The molecule has 2 rings (SSSR count). The van der Waals surface area contributed by atoms with Gasteiger partial charge in [-0.15, -0.1) is 11.3 Å². The molecule has 1 atom stereocenters. The van der Waals surface area contributed by atoms with Crippen LogP contribution < -0.4 is 4.72 Å². The summed E-state index contributed by atoms with van der Waals surface area (Å²) in [5.41, 5.74) is 0. The van der Waals surface area contributed by atoms with E-state index in [1.807, 2.05) is 26.0 Å². The molecule has 0 aliphatic heterocycles. The van der Waals surface area contributed by atoms with E-state index in [0.717, 1.165) is 9.75 Å². The van der Waals surface area contributed by atoms with E-state index >= 15 is 0 Å². The van der Waals surface area contributed by atoms with Crippen molar-refractivity contribution in [2.75, 3.05) is 0 Å². The highest BCUT2D eigenvalue weighted by Crippen LogP contribution is 2.23. The number of H-pyrrole nitrogens is 1. The number of imidazole rings is 1. The number of aryl methyl sites for hydroxylation is 2. The maximum Gasteiger partial charge on any atom is 0.258 e. The lowest BCUT2D eigenvalue weighted by Crippen LogP contribution is -2.26. The van der Waals surface area contributed by atoms with Gasteiger partial charge in [-0.1, -0.05) is 0 Å². The van der Waals surface area contributed by atoms with Crippen molar-refractivity contribution < 1.29 is 8.42 Å². The molecule has 0 amide bonds. The molecular weight excluding hydrogens is 270 g/mol. The molecule has 2 N–H and O–H groups in total. The van der Waals surface area contributed by atoms with Crippen LogP contribution in [0.4, 0.5) is 0 Å². The second-order valence-corrected chi connectivity index (χ2v) is 7.13. The Kier molecular flexibility index (Phi) is 3.56. The van der Waals surface area contributed by atoms with E-state index in [1.54, 1.807) is 18.3 Å². The van der Waals surface area contributed by atoms with Crippen LogP contribution in [0.3, 0.4) is 0 Å². The third-order valence-corrected chi connectivity index (χ3v) is 5.12. The first-order valence-corrected chi connectivity index (χ1v) is 7.79. The van der Waals surface area contributed by atoms with E-state index < -0.39 is 10.0 Å². The molecule has 0 fully saturated rings. The highest BCUT2D eigenvalue weighted by Gasteiger charge is 2.20. The molecule has 0 aliphatic rings. The van der Waals surface area contributed by atoms with Crippen molar-refractivity contribution in [3.8, 4) is 0 Å². The van der Waals surface area contributed by atoms with E-state index in [1.165, 1.54) is 6.20 Å². The minimum Gasteiger partial charge on any atom is -0.332 e. The third-order valence-electron chi connectivity index (χ3n) is 2.49. The van der Waals surface area contributed by atoms with Crippen molar-refractivity contribution >= 4 is 21.4 Å². The number of aromatic nitrogens is 2. The monoisotopic (exact) mass is 285 g/mol. The smallest absolute Gasteiger partial charge is 0.258 e. The largest absolute Gasteiger partial charge is 0.332 e. The summed E-state index contributed by atoms with van der Waals surface area (Å²) in [5, 5.41) is 0.0973. The number of hydrogen-bond donors (Lipinski definition) is 2. The summed E-state index contributed by atoms with van der Waals surface area (Å²) in [6.45, 7) is 5.53. The molecule has 0 aliphatic carbocycles. The van der Waals surface area contributed by atoms with E-state index in [2.05, 4.69) is 14.7 Å². The zero-order valence-electron chi connectivity index (χ0n) is 10.4. The van der Waals surface area contributed by atoms with E-state index in [9.17, 15) is 8.42 Å². The standard InChI is InChI=1S/C11H15N3O2S2/c1-7-4-5-10(17-7)8(2)14-18(15,16)11-6-12-9(3)13-11/h4-6,8,14H,1-3H3,(H,12,13). The van der Waals surface area contributed by atoms with Crippen LogP contribution in [0.15, 0.2) is 23.4 Å². The number of sulfonamides is 1. The lowest BCUT2D eigenvalue weighted by Gasteiger charge is -2.11. The normalized spacial score (nSPS) is 13.7. The lowest BCUT2D eigenvalue weighted by molar-refractivity contribution is 0.565. The molecule has 0 radical (unpaired) electrons. The summed E-state index contributed by atoms with van der Waals surface area (Å²) in [6, 6.07) is 3.66. The Morgan fingerprint density at radius 3 is 2.61 bits per heavy atom. The fourth-order valence-electron chi connectivity index (χ4n) is 1.58. The lowest BCUT2D eigenvalue weighted by atomic mass is 10.3. The van der Waals surface area contributed by atoms with Crippen LogP contribution in [0.25, 0.3) is 0 Å². The Morgan fingerprint density at radius 2 is 2.11 bits per heavy atom. The summed E-state index contributed by atoms with van der Waals surface area (Å²) >= 11 is 1.58. The maximum absolute atomic E-state index is 12.1. The van der Waals surface area contributed by atoms with Crippen molar-refractivity contribution in [1.29, 1.82) is 0 Å². The zero-order valence-corrected chi connectivity index (χ0v) is 12.0. The molecule has 2 aromatic rings. The van der Waals surface area contributed by atoms with Crippen LogP contribution in [-0.4, -0.2) is 18.4 Å². The Balaban J connectivity index is 2.18. The van der Waals surface area contributed by atoms with Gasteiger partial charge in [0.05, 0.1) is 12.2 Å². The van der Waals surface area contributed by atoms with E-state index in [0.29, 0.717) is 5.82 Å². The molecular formula is C11H15N3O2S2. The zero-order chi connectivity index (χ0) is 13.3. The third kappa shape index (κ3) is 2.80. The molecule has 2 aromatic heterocycles. The number of hydrogen-bond acceptors (Lipinski definition) is 4. The van der Waals surface area contributed by atoms with Crippen molar-refractivity contribution in [3.05, 3.63) is 33.9 Å². The molecule has 2 heterocycles. The number of rotatable bonds is 4. The molecule has 0 saturated carbocycles. The van der Waals surface area contributed by atoms with Gasteiger partial charge in [0.1, 0.15) is 5.82 Å². The molecule has 5 nitrogen and oxygen atoms in total. The van der Waals surface area contributed by atoms with Crippen LogP contribution in [0.5, 0.6) is 0 Å². The van der Waals surface area contributed by atoms with Crippen LogP contribution in [-0.2, 0) is 10.0 Å². The van der Waals surface area contributed by atoms with Crippen LogP contribution in [0.2, 0.25) is 0 Å². The fraction of sp³-hybridized carbons (Fsp3) is 0.364. The summed E-state index contributed by atoms with van der Waals surface area (Å²) in [7, 11) is -3.54. The highest BCUT2D eigenvalue weighted by atomic mass is 32.2. The van der Waals surface area contributed by atoms with Crippen molar-refractivity contribution in [2.24, 2.45) is 0 Å². The molecule has 0 aromatic carbocycles. The minimum atomic E-state index is -3.54. The Bertz CT molecular complexity index is 643. The first-order chi connectivity index (χ1) is 8.38. The van der Waals surface area contributed by atoms with Gasteiger partial charge in [-0.05, 0) is 32.9 Å². The first-order valence-electron chi connectivity index (χ1n) is 5.49. The summed E-state index contributed by atoms with van der Waals surface area (Å²) in [6.07, 6.45) is 1.32. The van der Waals surface area contributed by atoms with Gasteiger partial charge in [0.2, 0.25) is 0 Å². The maximum atomic E-state index is 12.1. The Hall–Kier alpha value is -1.18. The minimum absolute atomic E-state index is 0.0973. The van der Waals surface area contributed by atoms with Crippen LogP contribution in [0.1, 0.15) is 28.5 Å². The average molecular weight is 285 g/mol. The molecule has 18 heavy (non-hydrogen) atoms. The highest BCUT2D eigenvalue weighted by molar-refractivity contribution is 7.89. The molecule has 0 saturated heterocycles. The second-order valence-electron chi connectivity index (χ2n) is 4.12.